The lowest BCUT2D eigenvalue weighted by Crippen LogP contribution is -2.36. The van der Waals surface area contributed by atoms with Gasteiger partial charge in [-0.1, -0.05) is 41.9 Å². The van der Waals surface area contributed by atoms with Gasteiger partial charge in [0.2, 0.25) is 0 Å². The number of likely N-dealkylation sites (N-methyl/N-ethyl adjacent to an activating group) is 1. The van der Waals surface area contributed by atoms with Crippen molar-refractivity contribution in [2.45, 2.75) is 6.42 Å². The van der Waals surface area contributed by atoms with Crippen LogP contribution in [0.3, 0.4) is 0 Å². The lowest BCUT2D eigenvalue weighted by Gasteiger charge is -2.20. The molecule has 0 bridgehead atoms. The van der Waals surface area contributed by atoms with E-state index in [0.29, 0.717) is 28.3 Å². The van der Waals surface area contributed by atoms with Gasteiger partial charge in [-0.15, -0.1) is 0 Å². The first-order valence-electron chi connectivity index (χ1n) is 9.74. The fourth-order valence-corrected chi connectivity index (χ4v) is 3.96. The highest BCUT2D eigenvalue weighted by molar-refractivity contribution is 6.36. The van der Waals surface area contributed by atoms with Crippen LogP contribution in [0.2, 0.25) is 5.02 Å². The summed E-state index contributed by atoms with van der Waals surface area (Å²) >= 11 is 5.99. The van der Waals surface area contributed by atoms with Crippen molar-refractivity contribution in [3.8, 4) is 0 Å². The van der Waals surface area contributed by atoms with Crippen LogP contribution in [0.5, 0.6) is 0 Å². The lowest BCUT2D eigenvalue weighted by atomic mass is 10.0. The van der Waals surface area contributed by atoms with Gasteiger partial charge in [0.1, 0.15) is 5.70 Å². The molecule has 4 rings (SSSR count). The number of amides is 2. The van der Waals surface area contributed by atoms with Crippen LogP contribution in [0.4, 0.5) is 0 Å². The molecule has 1 aromatic heterocycles. The molecule has 0 saturated carbocycles. The molecular weight excluding hydrogens is 402 g/mol. The maximum Gasteiger partial charge on any atom is 0.277 e. The number of carbonyl (C=O) groups excluding carboxylic acids is 2. The van der Waals surface area contributed by atoms with Gasteiger partial charge < -0.3 is 15.0 Å². The van der Waals surface area contributed by atoms with Crippen molar-refractivity contribution in [3.05, 3.63) is 76.6 Å². The van der Waals surface area contributed by atoms with Gasteiger partial charge in [-0.3, -0.25) is 14.5 Å². The second kappa shape index (κ2) is 8.34. The quantitative estimate of drug-likeness (QED) is 0.572. The highest BCUT2D eigenvalue weighted by Gasteiger charge is 2.40. The molecular formula is C23H22ClN3O3. The van der Waals surface area contributed by atoms with Gasteiger partial charge in [-0.25, -0.2) is 0 Å². The number of carbonyl (C=O) groups is 2. The van der Waals surface area contributed by atoms with Crippen molar-refractivity contribution in [3.63, 3.8) is 0 Å². The normalized spacial score (nSPS) is 14.3. The van der Waals surface area contributed by atoms with E-state index in [1.165, 1.54) is 4.90 Å². The number of aliphatic hydroxyl groups excluding tert-OH is 1. The number of para-hydroxylation sites is 1. The summed E-state index contributed by atoms with van der Waals surface area (Å²) < 4.78 is 0. The lowest BCUT2D eigenvalue weighted by molar-refractivity contribution is -0.137. The van der Waals surface area contributed by atoms with Gasteiger partial charge in [0.05, 0.1) is 12.2 Å². The molecule has 0 spiro atoms. The van der Waals surface area contributed by atoms with E-state index in [9.17, 15) is 14.7 Å². The Bertz CT molecular complexity index is 1130. The van der Waals surface area contributed by atoms with Gasteiger partial charge in [0.25, 0.3) is 11.8 Å². The molecule has 1 aliphatic rings. The number of hydrogen-bond donors (Lipinski definition) is 2. The largest absolute Gasteiger partial charge is 0.395 e. The van der Waals surface area contributed by atoms with Gasteiger partial charge in [0.15, 0.2) is 0 Å². The van der Waals surface area contributed by atoms with Crippen molar-refractivity contribution < 1.29 is 14.7 Å². The molecule has 2 heterocycles. The minimum atomic E-state index is -0.347. The van der Waals surface area contributed by atoms with Crippen LogP contribution in [0.15, 0.2) is 60.4 Å². The Morgan fingerprint density at radius 1 is 1.07 bits per heavy atom. The van der Waals surface area contributed by atoms with Crippen LogP contribution in [-0.4, -0.2) is 58.4 Å². The average molecular weight is 424 g/mol. The van der Waals surface area contributed by atoms with Crippen molar-refractivity contribution in [2.75, 3.05) is 26.7 Å². The minimum absolute atomic E-state index is 0.120. The zero-order valence-electron chi connectivity index (χ0n) is 16.6. The molecule has 3 aromatic rings. The molecule has 0 saturated heterocycles. The van der Waals surface area contributed by atoms with E-state index in [1.807, 2.05) is 30.5 Å². The third-order valence-electron chi connectivity index (χ3n) is 5.37. The van der Waals surface area contributed by atoms with Crippen molar-refractivity contribution in [1.29, 1.82) is 0 Å². The third kappa shape index (κ3) is 3.60. The van der Waals surface area contributed by atoms with Crippen LogP contribution in [0.1, 0.15) is 11.1 Å². The smallest absolute Gasteiger partial charge is 0.277 e. The van der Waals surface area contributed by atoms with Crippen LogP contribution in [0.25, 0.3) is 16.5 Å². The standard InChI is InChI=1S/C23H22ClN3O3/c1-26(12-13-28)21-20(15-6-8-17(24)9-7-15)22(29)27(23(21)30)11-10-16-14-25-19-5-3-2-4-18(16)19/h2-9,14,25,28H,10-13H2,1H3. The fourth-order valence-electron chi connectivity index (χ4n) is 3.83. The molecule has 2 aromatic carbocycles. The number of fused-ring (bicyclic) bond motifs is 1. The molecule has 2 N–H and O–H groups in total. The maximum absolute atomic E-state index is 13.3. The van der Waals surface area contributed by atoms with E-state index in [0.717, 1.165) is 16.5 Å². The van der Waals surface area contributed by atoms with Crippen molar-refractivity contribution >= 4 is 39.9 Å². The Balaban J connectivity index is 1.64. The number of halogens is 1. The first kappa shape index (κ1) is 20.2. The zero-order chi connectivity index (χ0) is 21.3. The van der Waals surface area contributed by atoms with E-state index in [2.05, 4.69) is 4.98 Å². The number of H-pyrrole nitrogens is 1. The Morgan fingerprint density at radius 3 is 2.53 bits per heavy atom. The summed E-state index contributed by atoms with van der Waals surface area (Å²) in [6.45, 7) is 0.402. The number of imide groups is 1. The second-order valence-corrected chi connectivity index (χ2v) is 7.68. The molecule has 2 amide bonds. The van der Waals surface area contributed by atoms with Gasteiger partial charge in [0, 0.05) is 42.3 Å². The number of aromatic amines is 1. The molecule has 0 unspecified atom stereocenters. The number of hydrogen-bond acceptors (Lipinski definition) is 4. The predicted molar refractivity (Wildman–Crippen MR) is 117 cm³/mol. The van der Waals surface area contributed by atoms with E-state index in [1.54, 1.807) is 36.2 Å². The van der Waals surface area contributed by atoms with Crippen LogP contribution in [0, 0.1) is 0 Å². The molecule has 154 valence electrons. The highest BCUT2D eigenvalue weighted by atomic mass is 35.5. The molecule has 0 aliphatic carbocycles. The summed E-state index contributed by atoms with van der Waals surface area (Å²) in [4.78, 5) is 32.6. The molecule has 1 aliphatic heterocycles. The van der Waals surface area contributed by atoms with Crippen LogP contribution < -0.4 is 0 Å². The molecule has 6 nitrogen and oxygen atoms in total. The number of rotatable bonds is 7. The SMILES string of the molecule is CN(CCO)C1=C(c2ccc(Cl)cc2)C(=O)N(CCc2c[nH]c3ccccc23)C1=O. The number of aromatic nitrogens is 1. The summed E-state index contributed by atoms with van der Waals surface area (Å²) in [6.07, 6.45) is 2.47. The van der Waals surface area contributed by atoms with Crippen LogP contribution in [-0.2, 0) is 16.0 Å². The van der Waals surface area contributed by atoms with Crippen molar-refractivity contribution in [1.82, 2.24) is 14.8 Å². The summed E-state index contributed by atoms with van der Waals surface area (Å²) in [5, 5.41) is 11.0. The van der Waals surface area contributed by atoms with Gasteiger partial charge in [-0.2, -0.15) is 0 Å². The van der Waals surface area contributed by atoms with Crippen LogP contribution >= 0.6 is 11.6 Å². The third-order valence-corrected chi connectivity index (χ3v) is 5.63. The summed E-state index contributed by atoms with van der Waals surface area (Å²) in [5.74, 6) is -0.678. The van der Waals surface area contributed by atoms with Gasteiger partial charge >= 0.3 is 0 Å². The Morgan fingerprint density at radius 2 is 1.80 bits per heavy atom. The van der Waals surface area contributed by atoms with E-state index in [-0.39, 0.29) is 31.5 Å². The number of nitrogens with zero attached hydrogens (tertiary/aromatic N) is 2. The summed E-state index contributed by atoms with van der Waals surface area (Å²) in [6, 6.07) is 14.8. The van der Waals surface area contributed by atoms with E-state index >= 15 is 0 Å². The number of nitrogens with one attached hydrogen (secondary N) is 1. The summed E-state index contributed by atoms with van der Waals surface area (Å²) in [5.41, 5.74) is 3.35. The zero-order valence-corrected chi connectivity index (χ0v) is 17.3. The molecule has 7 heteroatoms. The number of benzene rings is 2. The maximum atomic E-state index is 13.3. The molecule has 0 radical (unpaired) electrons. The molecule has 0 atom stereocenters. The van der Waals surface area contributed by atoms with E-state index < -0.39 is 0 Å². The summed E-state index contributed by atoms with van der Waals surface area (Å²) in [7, 11) is 1.70. The van der Waals surface area contributed by atoms with Gasteiger partial charge in [-0.05, 0) is 35.7 Å². The Labute approximate surface area is 179 Å². The van der Waals surface area contributed by atoms with Crippen molar-refractivity contribution in [2.24, 2.45) is 0 Å². The number of aliphatic hydroxyl groups is 1. The Kier molecular flexibility index (Phi) is 5.61. The molecule has 0 fully saturated rings. The fraction of sp³-hybridized carbons (Fsp3) is 0.217. The second-order valence-electron chi connectivity index (χ2n) is 7.25. The van der Waals surface area contributed by atoms with E-state index in [4.69, 9.17) is 11.6 Å². The topological polar surface area (TPSA) is 76.6 Å². The minimum Gasteiger partial charge on any atom is -0.395 e. The first-order chi connectivity index (χ1) is 14.5. The first-order valence-corrected chi connectivity index (χ1v) is 10.1. The average Bonchev–Trinajstić information content (AvgIpc) is 3.26. The molecule has 30 heavy (non-hydrogen) atoms. The highest BCUT2D eigenvalue weighted by Crippen LogP contribution is 2.32. The Hall–Kier alpha value is -3.09. The predicted octanol–water partition coefficient (Wildman–Crippen LogP) is 3.07. The monoisotopic (exact) mass is 423 g/mol.